The van der Waals surface area contributed by atoms with Crippen molar-refractivity contribution in [1.29, 1.82) is 0 Å². The first-order valence-electron chi connectivity index (χ1n) is 3.85. The van der Waals surface area contributed by atoms with Crippen LogP contribution in [-0.4, -0.2) is 24.8 Å². The molecular weight excluding hydrogens is 128 g/mol. The number of nitrogens with two attached hydrogens (primary N) is 2. The molecule has 4 N–H and O–H groups in total. The highest BCUT2D eigenvalue weighted by Gasteiger charge is 2.49. The van der Waals surface area contributed by atoms with Crippen LogP contribution in [0, 0.1) is 5.92 Å². The molecule has 2 unspecified atom stereocenters. The number of hydrogen-bond donors (Lipinski definition) is 2. The summed E-state index contributed by atoms with van der Waals surface area (Å²) in [4.78, 5) is 0. The smallest absolute Gasteiger partial charge is 0.0823 e. The number of fused-ring (bicyclic) bond motifs is 2. The minimum Gasteiger partial charge on any atom is -0.373 e. The zero-order chi connectivity index (χ0) is 7.19. The quantitative estimate of drug-likeness (QED) is 0.516. The third kappa shape index (κ3) is 0.713. The van der Waals surface area contributed by atoms with Gasteiger partial charge in [-0.25, -0.2) is 0 Å². The molecule has 3 heteroatoms. The zero-order valence-electron chi connectivity index (χ0n) is 6.05. The summed E-state index contributed by atoms with van der Waals surface area (Å²) in [5.41, 5.74) is 11.4. The fourth-order valence-electron chi connectivity index (χ4n) is 2.12. The molecule has 1 aliphatic carbocycles. The molecule has 0 spiro atoms. The fraction of sp³-hybridized carbons (Fsp3) is 1.00. The third-order valence-electron chi connectivity index (χ3n) is 2.82. The van der Waals surface area contributed by atoms with Crippen molar-refractivity contribution in [3.8, 4) is 0 Å². The normalized spacial score (nSPS) is 52.2. The van der Waals surface area contributed by atoms with E-state index in [0.29, 0.717) is 18.5 Å². The van der Waals surface area contributed by atoms with Gasteiger partial charge >= 0.3 is 0 Å². The van der Waals surface area contributed by atoms with Gasteiger partial charge in [0.2, 0.25) is 0 Å². The Kier molecular flexibility index (Phi) is 1.27. The second-order valence-electron chi connectivity index (χ2n) is 3.53. The maximum absolute atomic E-state index is 5.85. The van der Waals surface area contributed by atoms with Crippen LogP contribution in [0.1, 0.15) is 12.8 Å². The van der Waals surface area contributed by atoms with Gasteiger partial charge in [0.15, 0.2) is 0 Å². The van der Waals surface area contributed by atoms with Gasteiger partial charge < -0.3 is 16.2 Å². The lowest BCUT2D eigenvalue weighted by atomic mass is 10.0. The predicted octanol–water partition coefficient (Wildman–Crippen LogP) is -0.549. The van der Waals surface area contributed by atoms with Crippen LogP contribution < -0.4 is 11.5 Å². The number of ether oxygens (including phenoxy) is 1. The lowest BCUT2D eigenvalue weighted by molar-refractivity contribution is -0.0150. The van der Waals surface area contributed by atoms with E-state index in [1.807, 2.05) is 0 Å². The number of rotatable bonds is 1. The highest BCUT2D eigenvalue weighted by Crippen LogP contribution is 2.42. The van der Waals surface area contributed by atoms with Crippen molar-refractivity contribution in [2.75, 3.05) is 13.2 Å². The van der Waals surface area contributed by atoms with Crippen molar-refractivity contribution in [1.82, 2.24) is 0 Å². The highest BCUT2D eigenvalue weighted by molar-refractivity contribution is 5.03. The molecule has 3 atom stereocenters. The van der Waals surface area contributed by atoms with Crippen molar-refractivity contribution < 1.29 is 4.74 Å². The molecule has 2 fully saturated rings. The lowest BCUT2D eigenvalue weighted by Gasteiger charge is -2.27. The highest BCUT2D eigenvalue weighted by atomic mass is 16.5. The average Bonchev–Trinajstić information content (AvgIpc) is 2.45. The summed E-state index contributed by atoms with van der Waals surface area (Å²) in [5.74, 6) is 0.587. The molecule has 0 aromatic heterocycles. The minimum absolute atomic E-state index is 0.0237. The lowest BCUT2D eigenvalue weighted by Crippen LogP contribution is -2.41. The van der Waals surface area contributed by atoms with E-state index >= 15 is 0 Å². The van der Waals surface area contributed by atoms with Crippen molar-refractivity contribution in [3.63, 3.8) is 0 Å². The first-order chi connectivity index (χ1) is 4.76. The van der Waals surface area contributed by atoms with Crippen molar-refractivity contribution in [3.05, 3.63) is 0 Å². The Bertz CT molecular complexity index is 147. The van der Waals surface area contributed by atoms with E-state index in [2.05, 4.69) is 0 Å². The van der Waals surface area contributed by atoms with Gasteiger partial charge in [0, 0.05) is 18.5 Å². The van der Waals surface area contributed by atoms with E-state index in [1.165, 1.54) is 0 Å². The first-order valence-corrected chi connectivity index (χ1v) is 3.85. The van der Waals surface area contributed by atoms with Crippen LogP contribution in [0.15, 0.2) is 0 Å². The molecule has 58 valence electrons. The molecule has 1 saturated heterocycles. The Morgan fingerprint density at radius 2 is 2.30 bits per heavy atom. The van der Waals surface area contributed by atoms with Crippen LogP contribution in [0.5, 0.6) is 0 Å². The molecule has 10 heavy (non-hydrogen) atoms. The fourth-order valence-corrected chi connectivity index (χ4v) is 2.12. The monoisotopic (exact) mass is 142 g/mol. The molecule has 0 aromatic carbocycles. The van der Waals surface area contributed by atoms with Gasteiger partial charge in [0.1, 0.15) is 0 Å². The molecule has 1 saturated carbocycles. The first kappa shape index (κ1) is 6.58. The Morgan fingerprint density at radius 3 is 2.60 bits per heavy atom. The second kappa shape index (κ2) is 1.94. The maximum atomic E-state index is 5.85. The van der Waals surface area contributed by atoms with Gasteiger partial charge in [-0.1, -0.05) is 0 Å². The Morgan fingerprint density at radius 1 is 1.50 bits per heavy atom. The van der Waals surface area contributed by atoms with Gasteiger partial charge in [0.05, 0.1) is 12.2 Å². The van der Waals surface area contributed by atoms with Crippen LogP contribution in [0.25, 0.3) is 0 Å². The van der Waals surface area contributed by atoms with E-state index in [0.717, 1.165) is 19.4 Å². The van der Waals surface area contributed by atoms with E-state index in [-0.39, 0.29) is 5.60 Å². The topological polar surface area (TPSA) is 61.3 Å². The van der Waals surface area contributed by atoms with E-state index in [1.54, 1.807) is 0 Å². The molecule has 2 bridgehead atoms. The van der Waals surface area contributed by atoms with E-state index < -0.39 is 0 Å². The summed E-state index contributed by atoms with van der Waals surface area (Å²) in [5, 5.41) is 0. The van der Waals surface area contributed by atoms with Gasteiger partial charge in [-0.2, -0.15) is 0 Å². The van der Waals surface area contributed by atoms with Gasteiger partial charge in [-0.15, -0.1) is 0 Å². The summed E-state index contributed by atoms with van der Waals surface area (Å²) < 4.78 is 5.55. The van der Waals surface area contributed by atoms with Crippen LogP contribution in [0.2, 0.25) is 0 Å². The molecule has 1 aliphatic heterocycles. The van der Waals surface area contributed by atoms with Gasteiger partial charge in [-0.05, 0) is 12.8 Å². The standard InChI is InChI=1S/C7H14N2O/c8-4-7-1-5(3-10-7)6(9)2-7/h5-6H,1-4,8-9H2/t5?,6?,7-/m1/s1. The SMILES string of the molecule is NC[C@@]12CC(N)C(CO1)C2. The van der Waals surface area contributed by atoms with Gasteiger partial charge in [0.25, 0.3) is 0 Å². The molecule has 0 aromatic rings. The van der Waals surface area contributed by atoms with Crippen molar-refractivity contribution >= 4 is 0 Å². The Balaban J connectivity index is 2.14. The zero-order valence-corrected chi connectivity index (χ0v) is 6.05. The van der Waals surface area contributed by atoms with Crippen LogP contribution in [0.4, 0.5) is 0 Å². The summed E-state index contributed by atoms with van der Waals surface area (Å²) in [6.45, 7) is 1.47. The van der Waals surface area contributed by atoms with Crippen molar-refractivity contribution in [2.24, 2.45) is 17.4 Å². The van der Waals surface area contributed by atoms with Crippen LogP contribution in [0.3, 0.4) is 0 Å². The Labute approximate surface area is 60.7 Å². The molecule has 2 aliphatic rings. The molecule has 1 heterocycles. The molecular formula is C7H14N2O. The summed E-state index contributed by atoms with van der Waals surface area (Å²) in [7, 11) is 0. The average molecular weight is 142 g/mol. The predicted molar refractivity (Wildman–Crippen MR) is 38.4 cm³/mol. The van der Waals surface area contributed by atoms with E-state index in [4.69, 9.17) is 16.2 Å². The third-order valence-corrected chi connectivity index (χ3v) is 2.82. The Hall–Kier alpha value is -0.120. The maximum Gasteiger partial charge on any atom is 0.0823 e. The summed E-state index contributed by atoms with van der Waals surface area (Å²) in [6.07, 6.45) is 2.05. The van der Waals surface area contributed by atoms with Gasteiger partial charge in [-0.3, -0.25) is 0 Å². The summed E-state index contributed by atoms with van der Waals surface area (Å²) in [6, 6.07) is 0.345. The van der Waals surface area contributed by atoms with Crippen molar-refractivity contribution in [2.45, 2.75) is 24.5 Å². The number of hydrogen-bond acceptors (Lipinski definition) is 3. The van der Waals surface area contributed by atoms with E-state index in [9.17, 15) is 0 Å². The molecule has 2 rings (SSSR count). The minimum atomic E-state index is -0.0237. The van der Waals surface area contributed by atoms with Crippen LogP contribution in [-0.2, 0) is 4.74 Å². The molecule has 0 amide bonds. The summed E-state index contributed by atoms with van der Waals surface area (Å²) >= 11 is 0. The largest absolute Gasteiger partial charge is 0.373 e. The molecule has 3 nitrogen and oxygen atoms in total. The van der Waals surface area contributed by atoms with Crippen LogP contribution >= 0.6 is 0 Å². The second-order valence-corrected chi connectivity index (χ2v) is 3.53. The molecule has 0 radical (unpaired) electrons.